The molecule has 0 bridgehead atoms. The minimum Gasteiger partial charge on any atom is -0.339 e. The number of hydrogen-bond donors (Lipinski definition) is 1. The fourth-order valence-electron chi connectivity index (χ4n) is 3.18. The molecule has 0 atom stereocenters. The molecule has 11 heteroatoms. The number of nitro groups is 1. The number of nitrogens with zero attached hydrogens (tertiary/aromatic N) is 4. The molecule has 0 saturated heterocycles. The lowest BCUT2D eigenvalue weighted by atomic mass is 10.2. The lowest BCUT2D eigenvalue weighted by molar-refractivity contribution is -0.384. The number of alkyl halides is 2. The first-order valence-corrected chi connectivity index (χ1v) is 10.8. The van der Waals surface area contributed by atoms with Crippen molar-refractivity contribution in [2.75, 3.05) is 5.32 Å². The van der Waals surface area contributed by atoms with Crippen molar-refractivity contribution in [2.24, 2.45) is 4.99 Å². The molecule has 0 amide bonds. The zero-order valence-corrected chi connectivity index (χ0v) is 18.5. The number of halogens is 2. The van der Waals surface area contributed by atoms with Crippen molar-refractivity contribution >= 4 is 46.5 Å². The van der Waals surface area contributed by atoms with E-state index in [1.54, 1.807) is 36.5 Å². The maximum absolute atomic E-state index is 13.2. The topological polar surface area (TPSA) is 102 Å². The Labute approximate surface area is 196 Å². The van der Waals surface area contributed by atoms with Gasteiger partial charge in [-0.2, -0.15) is 8.78 Å². The van der Waals surface area contributed by atoms with Crippen molar-refractivity contribution in [3.05, 3.63) is 98.5 Å². The zero-order valence-electron chi connectivity index (χ0n) is 17.7. The van der Waals surface area contributed by atoms with Crippen molar-refractivity contribution in [1.82, 2.24) is 9.38 Å². The Balaban J connectivity index is 1.75. The number of hydrogen-bond acceptors (Lipinski definition) is 7. The normalized spacial score (nSPS) is 11.4. The fourth-order valence-corrected chi connectivity index (χ4v) is 3.68. The monoisotopic (exact) mass is 481 g/mol. The number of rotatable bonds is 7. The number of aliphatic imine (C=N–C) groups is 1. The molecule has 0 fully saturated rings. The van der Waals surface area contributed by atoms with Crippen molar-refractivity contribution in [1.29, 1.82) is 0 Å². The van der Waals surface area contributed by atoms with Gasteiger partial charge in [0.2, 0.25) is 0 Å². The van der Waals surface area contributed by atoms with Crippen molar-refractivity contribution in [3.8, 4) is 0 Å². The number of non-ortho nitro benzene ring substituents is 1. The first kappa shape index (κ1) is 23.1. The third-order valence-electron chi connectivity index (χ3n) is 4.83. The van der Waals surface area contributed by atoms with E-state index in [0.717, 1.165) is 5.56 Å². The summed E-state index contributed by atoms with van der Waals surface area (Å²) < 4.78 is 26.6. The van der Waals surface area contributed by atoms with E-state index in [-0.39, 0.29) is 22.6 Å². The van der Waals surface area contributed by atoms with Crippen molar-refractivity contribution in [3.63, 3.8) is 0 Å². The molecule has 172 valence electrons. The van der Waals surface area contributed by atoms with Crippen LogP contribution < -0.4 is 10.9 Å². The van der Waals surface area contributed by atoms with E-state index in [1.807, 2.05) is 13.0 Å². The molecule has 0 aliphatic heterocycles. The number of pyridine rings is 1. The molecule has 0 saturated carbocycles. The van der Waals surface area contributed by atoms with Crippen molar-refractivity contribution < 1.29 is 13.7 Å². The average Bonchev–Trinajstić information content (AvgIpc) is 2.81. The second-order valence-corrected chi connectivity index (χ2v) is 8.19. The van der Waals surface area contributed by atoms with E-state index in [4.69, 9.17) is 0 Å². The SMILES string of the molecule is Cc1cccn2c(=O)c(C=Nc3ccc([N+](=O)[O-])cc3)c(Nc3ccc(SC(F)F)cc3)nc12. The van der Waals surface area contributed by atoms with E-state index < -0.39 is 10.7 Å². The van der Waals surface area contributed by atoms with Crippen molar-refractivity contribution in [2.45, 2.75) is 17.6 Å². The van der Waals surface area contributed by atoms with Gasteiger partial charge in [-0.1, -0.05) is 17.8 Å². The smallest absolute Gasteiger partial charge is 0.288 e. The molecule has 0 unspecified atom stereocenters. The first-order chi connectivity index (χ1) is 16.3. The Kier molecular flexibility index (Phi) is 6.64. The summed E-state index contributed by atoms with van der Waals surface area (Å²) in [5, 5.41) is 13.9. The number of nitro benzene ring substituents is 1. The highest BCUT2D eigenvalue weighted by atomic mass is 32.2. The largest absolute Gasteiger partial charge is 0.339 e. The summed E-state index contributed by atoms with van der Waals surface area (Å²) >= 11 is 0.438. The van der Waals surface area contributed by atoms with Gasteiger partial charge in [-0.3, -0.25) is 24.3 Å². The third-order valence-corrected chi connectivity index (χ3v) is 5.55. The zero-order chi connectivity index (χ0) is 24.2. The van der Waals surface area contributed by atoms with Gasteiger partial charge >= 0.3 is 0 Å². The molecule has 2 aromatic heterocycles. The number of thioether (sulfide) groups is 1. The number of nitrogens with one attached hydrogen (secondary N) is 1. The Morgan fingerprint density at radius 1 is 1.15 bits per heavy atom. The lowest BCUT2D eigenvalue weighted by Gasteiger charge is -2.12. The van der Waals surface area contributed by atoms with Crippen LogP contribution in [0.5, 0.6) is 0 Å². The second-order valence-electron chi connectivity index (χ2n) is 7.12. The van der Waals surface area contributed by atoms with Gasteiger partial charge in [0, 0.05) is 35.1 Å². The quantitative estimate of drug-likeness (QED) is 0.157. The maximum atomic E-state index is 13.2. The summed E-state index contributed by atoms with van der Waals surface area (Å²) in [5.41, 5.74) is 1.92. The summed E-state index contributed by atoms with van der Waals surface area (Å²) in [4.78, 5) is 32.9. The molecule has 34 heavy (non-hydrogen) atoms. The van der Waals surface area contributed by atoms with Gasteiger partial charge in [0.05, 0.1) is 10.6 Å². The first-order valence-electron chi connectivity index (χ1n) is 9.94. The number of aryl methyl sites for hydroxylation is 1. The summed E-state index contributed by atoms with van der Waals surface area (Å²) in [5.74, 6) is -2.29. The van der Waals surface area contributed by atoms with E-state index in [2.05, 4.69) is 15.3 Å². The van der Waals surface area contributed by atoms with Crippen LogP contribution in [-0.4, -0.2) is 26.3 Å². The van der Waals surface area contributed by atoms with E-state index in [0.29, 0.717) is 33.7 Å². The average molecular weight is 481 g/mol. The Morgan fingerprint density at radius 3 is 2.50 bits per heavy atom. The van der Waals surface area contributed by atoms with E-state index in [9.17, 15) is 23.7 Å². The molecule has 0 aliphatic rings. The number of anilines is 2. The Morgan fingerprint density at radius 2 is 1.85 bits per heavy atom. The molecule has 8 nitrogen and oxygen atoms in total. The standard InChI is InChI=1S/C23H17F2N5O3S/c1-14-3-2-12-29-21(14)28-20(27-16-6-10-18(11-7-16)34-23(24)25)19(22(29)31)13-26-15-4-8-17(9-5-15)30(32)33/h2-13,23,27H,1H3. The van der Waals surface area contributed by atoms with Crippen LogP contribution in [0.1, 0.15) is 11.1 Å². The minimum absolute atomic E-state index is 0.0716. The highest BCUT2D eigenvalue weighted by Crippen LogP contribution is 2.27. The van der Waals surface area contributed by atoms with Crippen LogP contribution in [0.25, 0.3) is 5.65 Å². The summed E-state index contributed by atoms with van der Waals surface area (Å²) in [6.45, 7) is 1.83. The van der Waals surface area contributed by atoms with Crippen LogP contribution in [0, 0.1) is 17.0 Å². The van der Waals surface area contributed by atoms with E-state index >= 15 is 0 Å². The van der Waals surface area contributed by atoms with Gasteiger partial charge < -0.3 is 5.32 Å². The minimum atomic E-state index is -2.52. The van der Waals surface area contributed by atoms with Gasteiger partial charge in [-0.15, -0.1) is 0 Å². The maximum Gasteiger partial charge on any atom is 0.288 e. The Bertz CT molecular complexity index is 1440. The predicted molar refractivity (Wildman–Crippen MR) is 128 cm³/mol. The van der Waals surface area contributed by atoms with Crippen LogP contribution in [0.15, 0.2) is 81.5 Å². The second kappa shape index (κ2) is 9.79. The molecule has 1 N–H and O–H groups in total. The fraction of sp³-hybridized carbons (Fsp3) is 0.0870. The van der Waals surface area contributed by atoms with Crippen LogP contribution in [0.3, 0.4) is 0 Å². The molecule has 2 aromatic carbocycles. The van der Waals surface area contributed by atoms with Gasteiger partial charge in [-0.05, 0) is 55.0 Å². The Hall–Kier alpha value is -4.12. The lowest BCUT2D eigenvalue weighted by Crippen LogP contribution is -2.22. The number of aromatic nitrogens is 2. The number of benzene rings is 2. The van der Waals surface area contributed by atoms with Gasteiger partial charge in [0.1, 0.15) is 17.0 Å². The molecule has 4 aromatic rings. The molecule has 2 heterocycles. The molecule has 0 spiro atoms. The third kappa shape index (κ3) is 5.09. The van der Waals surface area contributed by atoms with Crippen LogP contribution in [-0.2, 0) is 0 Å². The van der Waals surface area contributed by atoms with Crippen LogP contribution >= 0.6 is 11.8 Å². The number of fused-ring (bicyclic) bond motifs is 1. The van der Waals surface area contributed by atoms with E-state index in [1.165, 1.54) is 34.9 Å². The van der Waals surface area contributed by atoms with Crippen LogP contribution in [0.4, 0.5) is 31.7 Å². The van der Waals surface area contributed by atoms with Gasteiger partial charge in [0.25, 0.3) is 17.0 Å². The highest BCUT2D eigenvalue weighted by Gasteiger charge is 2.14. The molecular weight excluding hydrogens is 464 g/mol. The summed E-state index contributed by atoms with van der Waals surface area (Å²) in [7, 11) is 0. The highest BCUT2D eigenvalue weighted by molar-refractivity contribution is 7.99. The predicted octanol–water partition coefficient (Wildman–Crippen LogP) is 5.72. The summed E-state index contributed by atoms with van der Waals surface area (Å²) in [6, 6.07) is 15.5. The molecule has 4 rings (SSSR count). The van der Waals surface area contributed by atoms with Gasteiger partial charge in [-0.25, -0.2) is 4.98 Å². The molecule has 0 radical (unpaired) electrons. The van der Waals surface area contributed by atoms with Crippen LogP contribution in [0.2, 0.25) is 0 Å². The molecule has 0 aliphatic carbocycles. The van der Waals surface area contributed by atoms with Gasteiger partial charge in [0.15, 0.2) is 0 Å². The summed E-state index contributed by atoms with van der Waals surface area (Å²) in [6.07, 6.45) is 2.94. The molecular formula is C23H17F2N5O3S.